The van der Waals surface area contributed by atoms with Crippen molar-refractivity contribution in [2.75, 3.05) is 13.2 Å². The summed E-state index contributed by atoms with van der Waals surface area (Å²) >= 11 is 0. The molecule has 1 saturated heterocycles. The van der Waals surface area contributed by atoms with Crippen molar-refractivity contribution in [3.8, 4) is 0 Å². The van der Waals surface area contributed by atoms with Gasteiger partial charge in [-0.3, -0.25) is 4.79 Å². The minimum atomic E-state index is 0.0221. The van der Waals surface area contributed by atoms with Crippen LogP contribution in [0.25, 0.3) is 10.9 Å². The van der Waals surface area contributed by atoms with Gasteiger partial charge in [0.15, 0.2) is 0 Å². The van der Waals surface area contributed by atoms with Crippen molar-refractivity contribution in [2.24, 2.45) is 7.05 Å². The van der Waals surface area contributed by atoms with Crippen LogP contribution in [0.2, 0.25) is 0 Å². The smallest absolute Gasteiger partial charge is 0.251 e. The Labute approximate surface area is 131 Å². The molecule has 1 amide bonds. The first-order valence-corrected chi connectivity index (χ1v) is 8.19. The number of hydrogen-bond acceptors (Lipinski definition) is 2. The molecule has 0 spiro atoms. The van der Waals surface area contributed by atoms with Gasteiger partial charge in [-0.25, -0.2) is 0 Å². The van der Waals surface area contributed by atoms with E-state index in [1.165, 1.54) is 12.8 Å². The lowest BCUT2D eigenvalue weighted by atomic mass is 10.1. The van der Waals surface area contributed by atoms with Crippen molar-refractivity contribution in [1.82, 2.24) is 9.88 Å². The predicted molar refractivity (Wildman–Crippen MR) is 88.1 cm³/mol. The van der Waals surface area contributed by atoms with Gasteiger partial charge in [-0.1, -0.05) is 6.07 Å². The number of ether oxygens (including phenoxy) is 1. The molecule has 0 bridgehead atoms. The molecule has 4 heteroatoms. The average Bonchev–Trinajstić information content (AvgIpc) is 3.17. The Bertz CT molecular complexity index is 642. The molecule has 0 unspecified atom stereocenters. The zero-order valence-electron chi connectivity index (χ0n) is 13.2. The Balaban J connectivity index is 1.48. The highest BCUT2D eigenvalue weighted by molar-refractivity contribution is 6.06. The molecule has 1 fully saturated rings. The van der Waals surface area contributed by atoms with E-state index in [0.29, 0.717) is 6.10 Å². The van der Waals surface area contributed by atoms with Crippen molar-refractivity contribution >= 4 is 16.8 Å². The quantitative estimate of drug-likeness (QED) is 0.832. The van der Waals surface area contributed by atoms with Gasteiger partial charge in [0.2, 0.25) is 0 Å². The molecule has 2 heterocycles. The van der Waals surface area contributed by atoms with E-state index in [4.69, 9.17) is 4.74 Å². The minimum Gasteiger partial charge on any atom is -0.378 e. The first-order chi connectivity index (χ1) is 10.8. The lowest BCUT2D eigenvalue weighted by Gasteiger charge is -2.09. The van der Waals surface area contributed by atoms with Gasteiger partial charge in [0.1, 0.15) is 0 Å². The summed E-state index contributed by atoms with van der Waals surface area (Å²) in [5.74, 6) is 0.0221. The molecule has 1 aromatic heterocycles. The van der Waals surface area contributed by atoms with E-state index in [9.17, 15) is 4.79 Å². The molecule has 1 atom stereocenters. The summed E-state index contributed by atoms with van der Waals surface area (Å²) in [5, 5.41) is 4.05. The van der Waals surface area contributed by atoms with E-state index in [0.717, 1.165) is 48.9 Å². The van der Waals surface area contributed by atoms with Gasteiger partial charge >= 0.3 is 0 Å². The maximum atomic E-state index is 12.3. The number of carbonyl (C=O) groups excluding carboxylic acids is 1. The SMILES string of the molecule is Cn1ccc2c(C(=O)NCCCC[C@H]3CCCO3)cccc21. The third-order valence-electron chi connectivity index (χ3n) is 4.43. The average molecular weight is 300 g/mol. The van der Waals surface area contributed by atoms with Crippen LogP contribution in [0.5, 0.6) is 0 Å². The molecule has 2 aromatic rings. The van der Waals surface area contributed by atoms with E-state index in [2.05, 4.69) is 5.32 Å². The van der Waals surface area contributed by atoms with Crippen LogP contribution in [0.1, 0.15) is 42.5 Å². The van der Waals surface area contributed by atoms with Crippen molar-refractivity contribution in [2.45, 2.75) is 38.2 Å². The van der Waals surface area contributed by atoms with Crippen molar-refractivity contribution in [1.29, 1.82) is 0 Å². The summed E-state index contributed by atoms with van der Waals surface area (Å²) in [6, 6.07) is 7.87. The van der Waals surface area contributed by atoms with Gasteiger partial charge in [-0.15, -0.1) is 0 Å². The minimum absolute atomic E-state index is 0.0221. The third kappa shape index (κ3) is 3.33. The summed E-state index contributed by atoms with van der Waals surface area (Å²) in [6.07, 6.45) is 8.07. The Morgan fingerprint density at radius 3 is 3.09 bits per heavy atom. The second kappa shape index (κ2) is 6.97. The van der Waals surface area contributed by atoms with E-state index in [1.807, 2.05) is 42.1 Å². The first kappa shape index (κ1) is 15.1. The van der Waals surface area contributed by atoms with Crippen molar-refractivity contribution in [3.05, 3.63) is 36.0 Å². The van der Waals surface area contributed by atoms with Crippen molar-refractivity contribution in [3.63, 3.8) is 0 Å². The Hall–Kier alpha value is -1.81. The largest absolute Gasteiger partial charge is 0.378 e. The van der Waals surface area contributed by atoms with Crippen LogP contribution in [-0.2, 0) is 11.8 Å². The van der Waals surface area contributed by atoms with Gasteiger partial charge in [0, 0.05) is 42.9 Å². The summed E-state index contributed by atoms with van der Waals surface area (Å²) < 4.78 is 7.65. The number of rotatable bonds is 6. The molecule has 1 aliphatic heterocycles. The van der Waals surface area contributed by atoms with E-state index in [1.54, 1.807) is 0 Å². The molecule has 0 saturated carbocycles. The Kier molecular flexibility index (Phi) is 4.78. The van der Waals surface area contributed by atoms with Gasteiger partial charge in [-0.2, -0.15) is 0 Å². The van der Waals surface area contributed by atoms with Crippen LogP contribution in [0.15, 0.2) is 30.5 Å². The molecular weight excluding hydrogens is 276 g/mol. The number of unbranched alkanes of at least 4 members (excludes halogenated alkanes) is 1. The lowest BCUT2D eigenvalue weighted by molar-refractivity contribution is 0.0948. The summed E-state index contributed by atoms with van der Waals surface area (Å²) in [5.41, 5.74) is 1.85. The second-order valence-electron chi connectivity index (χ2n) is 6.05. The molecule has 0 aliphatic carbocycles. The number of fused-ring (bicyclic) bond motifs is 1. The van der Waals surface area contributed by atoms with Gasteiger partial charge in [0.25, 0.3) is 5.91 Å². The number of aromatic nitrogens is 1. The molecule has 22 heavy (non-hydrogen) atoms. The molecular formula is C18H24N2O2. The lowest BCUT2D eigenvalue weighted by Crippen LogP contribution is -2.24. The fourth-order valence-electron chi connectivity index (χ4n) is 3.17. The monoisotopic (exact) mass is 300 g/mol. The van der Waals surface area contributed by atoms with Gasteiger partial charge in [-0.05, 0) is 50.3 Å². The predicted octanol–water partition coefficient (Wildman–Crippen LogP) is 3.26. The van der Waals surface area contributed by atoms with E-state index < -0.39 is 0 Å². The highest BCUT2D eigenvalue weighted by atomic mass is 16.5. The molecule has 1 aromatic carbocycles. The zero-order valence-corrected chi connectivity index (χ0v) is 13.2. The third-order valence-corrected chi connectivity index (χ3v) is 4.43. The number of nitrogens with zero attached hydrogens (tertiary/aromatic N) is 1. The first-order valence-electron chi connectivity index (χ1n) is 8.19. The number of amides is 1. The number of aryl methyl sites for hydroxylation is 1. The molecule has 4 nitrogen and oxygen atoms in total. The fraction of sp³-hybridized carbons (Fsp3) is 0.500. The summed E-state index contributed by atoms with van der Waals surface area (Å²) in [6.45, 7) is 1.65. The highest BCUT2D eigenvalue weighted by Gasteiger charge is 2.15. The van der Waals surface area contributed by atoms with Gasteiger partial charge < -0.3 is 14.6 Å². The molecule has 1 aliphatic rings. The maximum absolute atomic E-state index is 12.3. The number of carbonyl (C=O) groups is 1. The van der Waals surface area contributed by atoms with Crippen LogP contribution in [0.3, 0.4) is 0 Å². The molecule has 3 rings (SSSR count). The van der Waals surface area contributed by atoms with Crippen LogP contribution in [0.4, 0.5) is 0 Å². The number of nitrogens with one attached hydrogen (secondary N) is 1. The topological polar surface area (TPSA) is 43.3 Å². The van der Waals surface area contributed by atoms with E-state index in [-0.39, 0.29) is 5.91 Å². The maximum Gasteiger partial charge on any atom is 0.251 e. The summed E-state index contributed by atoms with van der Waals surface area (Å²) in [4.78, 5) is 12.3. The zero-order chi connectivity index (χ0) is 15.4. The van der Waals surface area contributed by atoms with Crippen LogP contribution in [-0.4, -0.2) is 29.7 Å². The molecule has 118 valence electrons. The molecule has 0 radical (unpaired) electrons. The van der Waals surface area contributed by atoms with Gasteiger partial charge in [0.05, 0.1) is 6.10 Å². The Morgan fingerprint density at radius 2 is 2.27 bits per heavy atom. The fourth-order valence-corrected chi connectivity index (χ4v) is 3.17. The van der Waals surface area contributed by atoms with Crippen LogP contribution < -0.4 is 5.32 Å². The number of hydrogen-bond donors (Lipinski definition) is 1. The number of benzene rings is 1. The Morgan fingerprint density at radius 1 is 1.36 bits per heavy atom. The summed E-state index contributed by atoms with van der Waals surface area (Å²) in [7, 11) is 2.00. The highest BCUT2D eigenvalue weighted by Crippen LogP contribution is 2.20. The normalized spacial score (nSPS) is 18.0. The van der Waals surface area contributed by atoms with Crippen LogP contribution >= 0.6 is 0 Å². The van der Waals surface area contributed by atoms with Crippen molar-refractivity contribution < 1.29 is 9.53 Å². The van der Waals surface area contributed by atoms with E-state index >= 15 is 0 Å². The molecule has 1 N–H and O–H groups in total. The van der Waals surface area contributed by atoms with Crippen LogP contribution in [0, 0.1) is 0 Å². The standard InChI is InChI=1S/C18H24N2O2/c1-20-12-10-15-16(8-4-9-17(15)20)18(21)19-11-3-2-6-14-7-5-13-22-14/h4,8-10,12,14H,2-3,5-7,11,13H2,1H3,(H,19,21)/t14-/m0/s1. The second-order valence-corrected chi connectivity index (χ2v) is 6.05.